The molecule has 2 heterocycles. The van der Waals surface area contributed by atoms with Crippen molar-refractivity contribution < 1.29 is 18.7 Å². The normalized spacial score (nSPS) is 21.4. The molecule has 3 aromatic rings. The SMILES string of the molecule is CC1(C)C(c2ccccc2)=CC=CC1(COc1ccc(C=O)cc1Cl)c1nnc(CN2CCOCC2)o1. The van der Waals surface area contributed by atoms with Crippen LogP contribution in [-0.4, -0.2) is 54.3 Å². The minimum atomic E-state index is -0.782. The van der Waals surface area contributed by atoms with Gasteiger partial charge in [-0.25, -0.2) is 0 Å². The molecule has 1 atom stereocenters. The highest BCUT2D eigenvalue weighted by Crippen LogP contribution is 2.53. The van der Waals surface area contributed by atoms with Crippen LogP contribution in [0.4, 0.5) is 0 Å². The quantitative estimate of drug-likeness (QED) is 0.370. The molecule has 0 spiro atoms. The van der Waals surface area contributed by atoms with E-state index in [0.29, 0.717) is 47.9 Å². The van der Waals surface area contributed by atoms with Crippen LogP contribution < -0.4 is 4.74 Å². The fourth-order valence-electron chi connectivity index (χ4n) is 5.02. The van der Waals surface area contributed by atoms with Gasteiger partial charge in [0.2, 0.25) is 11.8 Å². The Labute approximate surface area is 221 Å². The van der Waals surface area contributed by atoms with Gasteiger partial charge in [-0.1, -0.05) is 74.0 Å². The summed E-state index contributed by atoms with van der Waals surface area (Å²) in [6, 6.07) is 15.3. The lowest BCUT2D eigenvalue weighted by Gasteiger charge is -2.45. The number of morpholine rings is 1. The lowest BCUT2D eigenvalue weighted by atomic mass is 9.58. The van der Waals surface area contributed by atoms with Crippen molar-refractivity contribution in [2.75, 3.05) is 32.9 Å². The number of ether oxygens (including phenoxy) is 2. The summed E-state index contributed by atoms with van der Waals surface area (Å²) in [6.07, 6.45) is 7.00. The molecule has 0 amide bonds. The van der Waals surface area contributed by atoms with Gasteiger partial charge >= 0.3 is 0 Å². The van der Waals surface area contributed by atoms with Crippen LogP contribution >= 0.6 is 11.6 Å². The number of carbonyl (C=O) groups excluding carboxylic acids is 1. The number of aromatic nitrogens is 2. The average molecular weight is 520 g/mol. The van der Waals surface area contributed by atoms with Gasteiger partial charge in [-0.3, -0.25) is 9.69 Å². The molecule has 8 heteroatoms. The molecule has 5 rings (SSSR count). The summed E-state index contributed by atoms with van der Waals surface area (Å²) in [4.78, 5) is 13.4. The van der Waals surface area contributed by atoms with Crippen LogP contribution in [-0.2, 0) is 16.7 Å². The largest absolute Gasteiger partial charge is 0.491 e. The van der Waals surface area contributed by atoms with Gasteiger partial charge in [0.1, 0.15) is 24.1 Å². The van der Waals surface area contributed by atoms with Crippen molar-refractivity contribution in [1.82, 2.24) is 15.1 Å². The average Bonchev–Trinajstić information content (AvgIpc) is 3.38. The van der Waals surface area contributed by atoms with Crippen molar-refractivity contribution >= 4 is 23.5 Å². The molecule has 2 aromatic carbocycles. The van der Waals surface area contributed by atoms with Gasteiger partial charge in [0.25, 0.3) is 0 Å². The summed E-state index contributed by atoms with van der Waals surface area (Å²) in [5, 5.41) is 9.34. The molecule has 0 saturated carbocycles. The molecule has 0 bridgehead atoms. The summed E-state index contributed by atoms with van der Waals surface area (Å²) < 4.78 is 18.2. The van der Waals surface area contributed by atoms with Crippen molar-refractivity contribution in [2.24, 2.45) is 5.41 Å². The van der Waals surface area contributed by atoms with E-state index in [1.165, 1.54) is 0 Å². The fourth-order valence-corrected chi connectivity index (χ4v) is 5.26. The van der Waals surface area contributed by atoms with Crippen molar-refractivity contribution in [1.29, 1.82) is 0 Å². The predicted octanol–water partition coefficient (Wildman–Crippen LogP) is 5.36. The topological polar surface area (TPSA) is 77.7 Å². The van der Waals surface area contributed by atoms with Crippen LogP contribution in [0.1, 0.15) is 41.6 Å². The van der Waals surface area contributed by atoms with Crippen LogP contribution in [0.15, 0.2) is 71.2 Å². The van der Waals surface area contributed by atoms with Gasteiger partial charge in [-0.05, 0) is 29.3 Å². The molecule has 1 aliphatic carbocycles. The van der Waals surface area contributed by atoms with Crippen molar-refractivity contribution in [3.8, 4) is 5.75 Å². The summed E-state index contributed by atoms with van der Waals surface area (Å²) in [5.41, 5.74) is 1.47. The van der Waals surface area contributed by atoms with Crippen LogP contribution in [0.2, 0.25) is 5.02 Å². The first-order valence-corrected chi connectivity index (χ1v) is 12.8. The first-order valence-electron chi connectivity index (χ1n) is 12.4. The second-order valence-corrected chi connectivity index (χ2v) is 10.3. The van der Waals surface area contributed by atoms with Crippen molar-refractivity contribution in [3.63, 3.8) is 0 Å². The smallest absolute Gasteiger partial charge is 0.230 e. The molecule has 1 saturated heterocycles. The van der Waals surface area contributed by atoms with E-state index in [1.807, 2.05) is 24.3 Å². The number of rotatable bonds is 8. The van der Waals surface area contributed by atoms with Crippen LogP contribution in [0.25, 0.3) is 5.57 Å². The molecule has 1 aromatic heterocycles. The van der Waals surface area contributed by atoms with Gasteiger partial charge in [0.15, 0.2) is 0 Å². The molecule has 192 valence electrons. The fraction of sp³-hybridized carbons (Fsp3) is 0.345. The van der Waals surface area contributed by atoms with E-state index in [-0.39, 0.29) is 6.61 Å². The maximum absolute atomic E-state index is 11.2. The van der Waals surface area contributed by atoms with E-state index in [4.69, 9.17) is 25.5 Å². The molecule has 2 aliphatic rings. The number of benzene rings is 2. The Morgan fingerprint density at radius 2 is 1.89 bits per heavy atom. The number of carbonyl (C=O) groups is 1. The molecule has 1 aliphatic heterocycles. The summed E-state index contributed by atoms with van der Waals surface area (Å²) in [6.45, 7) is 8.16. The van der Waals surface area contributed by atoms with E-state index in [9.17, 15) is 4.79 Å². The number of halogens is 1. The molecular weight excluding hydrogens is 490 g/mol. The summed E-state index contributed by atoms with van der Waals surface area (Å²) in [7, 11) is 0. The third-order valence-corrected chi connectivity index (χ3v) is 7.67. The zero-order valence-electron chi connectivity index (χ0n) is 21.0. The monoisotopic (exact) mass is 519 g/mol. The number of hydrogen-bond donors (Lipinski definition) is 0. The third kappa shape index (κ3) is 4.99. The summed E-state index contributed by atoms with van der Waals surface area (Å²) in [5.74, 6) is 1.53. The minimum Gasteiger partial charge on any atom is -0.491 e. The second-order valence-electron chi connectivity index (χ2n) is 9.89. The maximum Gasteiger partial charge on any atom is 0.230 e. The van der Waals surface area contributed by atoms with Gasteiger partial charge in [-0.2, -0.15) is 0 Å². The third-order valence-electron chi connectivity index (χ3n) is 7.38. The van der Waals surface area contributed by atoms with Crippen LogP contribution in [0.5, 0.6) is 5.75 Å². The number of hydrogen-bond acceptors (Lipinski definition) is 7. The Balaban J connectivity index is 1.51. The molecule has 0 N–H and O–H groups in total. The van der Waals surface area contributed by atoms with Gasteiger partial charge in [0, 0.05) is 24.1 Å². The zero-order chi connectivity index (χ0) is 25.9. The van der Waals surface area contributed by atoms with E-state index in [2.05, 4.69) is 53.2 Å². The highest BCUT2D eigenvalue weighted by Gasteiger charge is 2.53. The first kappa shape index (κ1) is 25.4. The molecule has 1 unspecified atom stereocenters. The first-order chi connectivity index (χ1) is 17.9. The Bertz CT molecular complexity index is 1310. The summed E-state index contributed by atoms with van der Waals surface area (Å²) >= 11 is 6.45. The van der Waals surface area contributed by atoms with E-state index in [0.717, 1.165) is 30.5 Å². The Hall–Kier alpha value is -3.26. The lowest BCUT2D eigenvalue weighted by Crippen LogP contribution is -2.47. The number of allylic oxidation sites excluding steroid dienone is 3. The molecule has 37 heavy (non-hydrogen) atoms. The standard InChI is InChI=1S/C29H30ClN3O4/c1-28(2)23(22-7-4-3-5-8-22)9-6-12-29(28,20-36-25-11-10-21(19-34)17-24(25)30)27-32-31-26(37-27)18-33-13-15-35-16-14-33/h3-12,17,19H,13-16,18,20H2,1-2H3. The number of nitrogens with zero attached hydrogens (tertiary/aromatic N) is 3. The highest BCUT2D eigenvalue weighted by molar-refractivity contribution is 6.32. The second kappa shape index (κ2) is 10.6. The zero-order valence-corrected chi connectivity index (χ0v) is 21.8. The van der Waals surface area contributed by atoms with Gasteiger partial charge < -0.3 is 13.9 Å². The lowest BCUT2D eigenvalue weighted by molar-refractivity contribution is 0.0299. The number of aldehydes is 1. The van der Waals surface area contributed by atoms with Crippen molar-refractivity contribution in [2.45, 2.75) is 25.8 Å². The van der Waals surface area contributed by atoms with Crippen LogP contribution in [0, 0.1) is 5.41 Å². The predicted molar refractivity (Wildman–Crippen MR) is 142 cm³/mol. The molecule has 7 nitrogen and oxygen atoms in total. The molecule has 0 radical (unpaired) electrons. The molecular formula is C29H30ClN3O4. The van der Waals surface area contributed by atoms with E-state index in [1.54, 1.807) is 18.2 Å². The van der Waals surface area contributed by atoms with Crippen LogP contribution in [0.3, 0.4) is 0 Å². The minimum absolute atomic E-state index is 0.208. The highest BCUT2D eigenvalue weighted by atomic mass is 35.5. The maximum atomic E-state index is 11.2. The van der Waals surface area contributed by atoms with E-state index < -0.39 is 10.8 Å². The van der Waals surface area contributed by atoms with Gasteiger partial charge in [-0.15, -0.1) is 10.2 Å². The Morgan fingerprint density at radius 1 is 1.11 bits per heavy atom. The van der Waals surface area contributed by atoms with Gasteiger partial charge in [0.05, 0.1) is 24.8 Å². The van der Waals surface area contributed by atoms with E-state index >= 15 is 0 Å². The Morgan fingerprint density at radius 3 is 2.62 bits per heavy atom. The van der Waals surface area contributed by atoms with Crippen molar-refractivity contribution in [3.05, 3.63) is 94.7 Å². The Kier molecular flexibility index (Phi) is 7.29. The molecule has 1 fully saturated rings.